The lowest BCUT2D eigenvalue weighted by Gasteiger charge is -2.11. The molecule has 4 heteroatoms. The van der Waals surface area contributed by atoms with Crippen LogP contribution >= 0.6 is 0 Å². The van der Waals surface area contributed by atoms with E-state index in [1.807, 2.05) is 0 Å². The second-order valence-electron chi connectivity index (χ2n) is 5.24. The Bertz CT molecular complexity index is 370. The standard InChI is InChI=1S/C16H29N3O/c1-5-10-17-11-6-8-15-13(2)18-16(19-14(15)3)9-7-12-20-4/h17H,5-12H2,1-4H3. The highest BCUT2D eigenvalue weighted by atomic mass is 16.5. The summed E-state index contributed by atoms with van der Waals surface area (Å²) in [5, 5.41) is 3.44. The van der Waals surface area contributed by atoms with Crippen LogP contribution in [0.4, 0.5) is 0 Å². The van der Waals surface area contributed by atoms with Crippen molar-refractivity contribution in [2.45, 2.75) is 52.9 Å². The topological polar surface area (TPSA) is 47.0 Å². The Labute approximate surface area is 123 Å². The third kappa shape index (κ3) is 5.97. The maximum absolute atomic E-state index is 5.07. The van der Waals surface area contributed by atoms with Crippen LogP contribution < -0.4 is 5.32 Å². The first-order valence-corrected chi connectivity index (χ1v) is 7.71. The summed E-state index contributed by atoms with van der Waals surface area (Å²) in [5.74, 6) is 0.949. The van der Waals surface area contributed by atoms with E-state index in [0.29, 0.717) is 0 Å². The number of ether oxygens (including phenoxy) is 1. The molecular weight excluding hydrogens is 250 g/mol. The summed E-state index contributed by atoms with van der Waals surface area (Å²) >= 11 is 0. The van der Waals surface area contributed by atoms with Gasteiger partial charge in [-0.1, -0.05) is 6.92 Å². The quantitative estimate of drug-likeness (QED) is 0.669. The highest BCUT2D eigenvalue weighted by Gasteiger charge is 2.08. The summed E-state index contributed by atoms with van der Waals surface area (Å²) in [7, 11) is 1.73. The molecule has 1 aromatic rings. The number of hydrogen-bond acceptors (Lipinski definition) is 4. The molecule has 1 rings (SSSR count). The second kappa shape index (κ2) is 9.83. The Morgan fingerprint density at radius 3 is 2.30 bits per heavy atom. The second-order valence-corrected chi connectivity index (χ2v) is 5.24. The van der Waals surface area contributed by atoms with Crippen LogP contribution in [0.5, 0.6) is 0 Å². The van der Waals surface area contributed by atoms with E-state index in [1.54, 1.807) is 7.11 Å². The van der Waals surface area contributed by atoms with Gasteiger partial charge in [0.25, 0.3) is 0 Å². The smallest absolute Gasteiger partial charge is 0.128 e. The first kappa shape index (κ1) is 17.1. The lowest BCUT2D eigenvalue weighted by molar-refractivity contribution is 0.194. The van der Waals surface area contributed by atoms with Crippen molar-refractivity contribution in [3.05, 3.63) is 22.8 Å². The Balaban J connectivity index is 2.51. The maximum Gasteiger partial charge on any atom is 0.128 e. The van der Waals surface area contributed by atoms with Gasteiger partial charge in [0.15, 0.2) is 0 Å². The number of aryl methyl sites for hydroxylation is 3. The zero-order valence-corrected chi connectivity index (χ0v) is 13.5. The van der Waals surface area contributed by atoms with E-state index in [4.69, 9.17) is 4.74 Å². The first-order valence-electron chi connectivity index (χ1n) is 7.71. The predicted molar refractivity (Wildman–Crippen MR) is 83.2 cm³/mol. The van der Waals surface area contributed by atoms with E-state index in [-0.39, 0.29) is 0 Å². The summed E-state index contributed by atoms with van der Waals surface area (Å²) in [6.45, 7) is 9.34. The van der Waals surface area contributed by atoms with Crippen molar-refractivity contribution in [1.82, 2.24) is 15.3 Å². The molecule has 0 aliphatic carbocycles. The van der Waals surface area contributed by atoms with Gasteiger partial charge >= 0.3 is 0 Å². The molecule has 4 nitrogen and oxygen atoms in total. The fourth-order valence-corrected chi connectivity index (χ4v) is 2.35. The molecule has 0 aliphatic rings. The van der Waals surface area contributed by atoms with E-state index in [2.05, 4.69) is 36.1 Å². The van der Waals surface area contributed by atoms with Crippen LogP contribution in [-0.2, 0) is 17.6 Å². The summed E-state index contributed by atoms with van der Waals surface area (Å²) in [6, 6.07) is 0. The van der Waals surface area contributed by atoms with E-state index >= 15 is 0 Å². The Kier molecular flexibility index (Phi) is 8.38. The van der Waals surface area contributed by atoms with Crippen LogP contribution in [0.1, 0.15) is 49.0 Å². The highest BCUT2D eigenvalue weighted by Crippen LogP contribution is 2.13. The van der Waals surface area contributed by atoms with Crippen LogP contribution in [0.15, 0.2) is 0 Å². The van der Waals surface area contributed by atoms with Gasteiger partial charge in [-0.25, -0.2) is 9.97 Å². The monoisotopic (exact) mass is 279 g/mol. The molecule has 20 heavy (non-hydrogen) atoms. The minimum atomic E-state index is 0.770. The SMILES string of the molecule is CCCNCCCc1c(C)nc(CCCOC)nc1C. The molecule has 114 valence electrons. The minimum Gasteiger partial charge on any atom is -0.385 e. The van der Waals surface area contributed by atoms with Gasteiger partial charge in [-0.15, -0.1) is 0 Å². The Morgan fingerprint density at radius 1 is 1.00 bits per heavy atom. The van der Waals surface area contributed by atoms with Crippen molar-refractivity contribution in [3.63, 3.8) is 0 Å². The number of aromatic nitrogens is 2. The van der Waals surface area contributed by atoms with Crippen molar-refractivity contribution in [2.75, 3.05) is 26.8 Å². The van der Waals surface area contributed by atoms with Crippen LogP contribution in [-0.4, -0.2) is 36.8 Å². The third-order valence-electron chi connectivity index (χ3n) is 3.42. The average molecular weight is 279 g/mol. The highest BCUT2D eigenvalue weighted by molar-refractivity contribution is 5.24. The summed E-state index contributed by atoms with van der Waals surface area (Å²) in [4.78, 5) is 9.27. The molecule has 0 bridgehead atoms. The van der Waals surface area contributed by atoms with Crippen LogP contribution in [0.3, 0.4) is 0 Å². The Morgan fingerprint density at radius 2 is 1.70 bits per heavy atom. The molecule has 0 saturated carbocycles. The lowest BCUT2D eigenvalue weighted by atomic mass is 10.1. The molecular formula is C16H29N3O. The molecule has 0 unspecified atom stereocenters. The average Bonchev–Trinajstić information content (AvgIpc) is 2.41. The normalized spacial score (nSPS) is 11.0. The van der Waals surface area contributed by atoms with E-state index in [1.165, 1.54) is 12.0 Å². The maximum atomic E-state index is 5.07. The fraction of sp³-hybridized carbons (Fsp3) is 0.750. The van der Waals surface area contributed by atoms with Gasteiger partial charge in [0.2, 0.25) is 0 Å². The molecule has 1 heterocycles. The molecule has 0 aliphatic heterocycles. The molecule has 0 aromatic carbocycles. The summed E-state index contributed by atoms with van der Waals surface area (Å²) < 4.78 is 5.07. The van der Waals surface area contributed by atoms with E-state index in [9.17, 15) is 0 Å². The molecule has 0 fully saturated rings. The van der Waals surface area contributed by atoms with Crippen LogP contribution in [0.2, 0.25) is 0 Å². The Hall–Kier alpha value is -1.00. The number of nitrogens with zero attached hydrogens (tertiary/aromatic N) is 2. The van der Waals surface area contributed by atoms with Gasteiger partial charge in [0.05, 0.1) is 0 Å². The molecule has 0 radical (unpaired) electrons. The van der Waals surface area contributed by atoms with E-state index < -0.39 is 0 Å². The molecule has 0 spiro atoms. The zero-order valence-electron chi connectivity index (χ0n) is 13.5. The molecule has 0 atom stereocenters. The molecule has 1 N–H and O–H groups in total. The van der Waals surface area contributed by atoms with Gasteiger partial charge < -0.3 is 10.1 Å². The van der Waals surface area contributed by atoms with Crippen LogP contribution in [0.25, 0.3) is 0 Å². The van der Waals surface area contributed by atoms with Gasteiger partial charge in [-0.3, -0.25) is 0 Å². The largest absolute Gasteiger partial charge is 0.385 e. The van der Waals surface area contributed by atoms with Gasteiger partial charge in [-0.05, 0) is 58.2 Å². The lowest BCUT2D eigenvalue weighted by Crippen LogP contribution is -2.17. The zero-order chi connectivity index (χ0) is 14.8. The fourth-order valence-electron chi connectivity index (χ4n) is 2.35. The predicted octanol–water partition coefficient (Wildman–Crippen LogP) is 2.60. The number of methoxy groups -OCH3 is 1. The van der Waals surface area contributed by atoms with Crippen LogP contribution in [0, 0.1) is 13.8 Å². The van der Waals surface area contributed by atoms with Crippen molar-refractivity contribution < 1.29 is 4.74 Å². The number of nitrogens with one attached hydrogen (secondary N) is 1. The molecule has 0 saturated heterocycles. The summed E-state index contributed by atoms with van der Waals surface area (Å²) in [6.07, 6.45) is 5.28. The van der Waals surface area contributed by atoms with Gasteiger partial charge in [-0.2, -0.15) is 0 Å². The van der Waals surface area contributed by atoms with Crippen molar-refractivity contribution in [1.29, 1.82) is 0 Å². The van der Waals surface area contributed by atoms with Crippen molar-refractivity contribution in [3.8, 4) is 0 Å². The van der Waals surface area contributed by atoms with Gasteiger partial charge in [0.1, 0.15) is 5.82 Å². The number of rotatable bonds is 10. The minimum absolute atomic E-state index is 0.770. The van der Waals surface area contributed by atoms with Crippen molar-refractivity contribution in [2.24, 2.45) is 0 Å². The van der Waals surface area contributed by atoms with Crippen molar-refractivity contribution >= 4 is 0 Å². The van der Waals surface area contributed by atoms with Gasteiger partial charge in [0, 0.05) is 31.5 Å². The third-order valence-corrected chi connectivity index (χ3v) is 3.42. The molecule has 1 aromatic heterocycles. The summed E-state index contributed by atoms with van der Waals surface area (Å²) in [5.41, 5.74) is 3.60. The first-order chi connectivity index (χ1) is 9.69. The molecule has 0 amide bonds. The number of hydrogen-bond donors (Lipinski definition) is 1. The van der Waals surface area contributed by atoms with E-state index in [0.717, 1.165) is 62.6 Å².